The van der Waals surface area contributed by atoms with Gasteiger partial charge in [-0.2, -0.15) is 0 Å². The van der Waals surface area contributed by atoms with Crippen LogP contribution in [0, 0.1) is 0 Å². The van der Waals surface area contributed by atoms with Crippen molar-refractivity contribution in [1.29, 1.82) is 0 Å². The molecule has 2 aliphatic carbocycles. The molecule has 0 aromatic rings. The van der Waals surface area contributed by atoms with Crippen LogP contribution in [0.25, 0.3) is 0 Å². The highest BCUT2D eigenvalue weighted by Crippen LogP contribution is 2.21. The van der Waals surface area contributed by atoms with Crippen molar-refractivity contribution in [2.24, 2.45) is 0 Å². The summed E-state index contributed by atoms with van der Waals surface area (Å²) in [6.07, 6.45) is 20.4. The average Bonchev–Trinajstić information content (AvgIpc) is 2.76. The van der Waals surface area contributed by atoms with Crippen molar-refractivity contribution in [2.75, 3.05) is 13.1 Å². The monoisotopic (exact) mass is 424 g/mol. The zero-order chi connectivity index (χ0) is 21.3. The fourth-order valence-electron chi connectivity index (χ4n) is 4.44. The van der Waals surface area contributed by atoms with Gasteiger partial charge in [0, 0.05) is 13.1 Å². The van der Waals surface area contributed by atoms with E-state index in [1.165, 1.54) is 64.2 Å². The molecule has 0 saturated heterocycles. The molecule has 2 saturated carbocycles. The lowest BCUT2D eigenvalue weighted by Gasteiger charge is -2.21. The number of alkyl carbamates (subject to hydrolysis) is 2. The van der Waals surface area contributed by atoms with Gasteiger partial charge in [0.15, 0.2) is 0 Å². The lowest BCUT2D eigenvalue weighted by Crippen LogP contribution is -2.30. The summed E-state index contributed by atoms with van der Waals surface area (Å²) in [6.45, 7) is 1.43. The number of amides is 2. The molecule has 0 atom stereocenters. The summed E-state index contributed by atoms with van der Waals surface area (Å²) < 4.78 is 10.9. The Morgan fingerprint density at radius 1 is 0.533 bits per heavy atom. The topological polar surface area (TPSA) is 76.7 Å². The molecule has 6 nitrogen and oxygen atoms in total. The van der Waals surface area contributed by atoms with Gasteiger partial charge in [0.2, 0.25) is 0 Å². The molecule has 0 aliphatic heterocycles. The van der Waals surface area contributed by atoms with E-state index in [1.807, 2.05) is 0 Å². The van der Waals surface area contributed by atoms with Crippen LogP contribution in [0.2, 0.25) is 0 Å². The van der Waals surface area contributed by atoms with Crippen LogP contribution in [-0.4, -0.2) is 37.5 Å². The van der Waals surface area contributed by atoms with Crippen LogP contribution in [-0.2, 0) is 9.47 Å². The van der Waals surface area contributed by atoms with Crippen LogP contribution >= 0.6 is 0 Å². The minimum Gasteiger partial charge on any atom is -0.446 e. The largest absolute Gasteiger partial charge is 0.446 e. The molecule has 2 amide bonds. The van der Waals surface area contributed by atoms with Gasteiger partial charge in [-0.3, -0.25) is 0 Å². The van der Waals surface area contributed by atoms with Gasteiger partial charge in [-0.05, 0) is 64.2 Å². The van der Waals surface area contributed by atoms with E-state index in [-0.39, 0.29) is 24.4 Å². The van der Waals surface area contributed by atoms with Gasteiger partial charge in [0.1, 0.15) is 12.2 Å². The summed E-state index contributed by atoms with van der Waals surface area (Å²) in [7, 11) is 0. The number of nitrogens with one attached hydrogen (secondary N) is 2. The summed E-state index contributed by atoms with van der Waals surface area (Å²) in [4.78, 5) is 23.5. The summed E-state index contributed by atoms with van der Waals surface area (Å²) in [5.41, 5.74) is 0. The Kier molecular flexibility index (Phi) is 13.4. The van der Waals surface area contributed by atoms with Crippen LogP contribution in [0.1, 0.15) is 116 Å². The highest BCUT2D eigenvalue weighted by Gasteiger charge is 2.18. The van der Waals surface area contributed by atoms with Gasteiger partial charge in [-0.1, -0.05) is 51.4 Å². The molecule has 0 heterocycles. The second-order valence-corrected chi connectivity index (χ2v) is 9.01. The maximum atomic E-state index is 11.7. The fourth-order valence-corrected chi connectivity index (χ4v) is 4.44. The molecular formula is C24H44N2O4. The molecule has 2 aliphatic rings. The van der Waals surface area contributed by atoms with Gasteiger partial charge >= 0.3 is 12.2 Å². The maximum Gasteiger partial charge on any atom is 0.407 e. The predicted octanol–water partition coefficient (Wildman–Crippen LogP) is 6.23. The van der Waals surface area contributed by atoms with E-state index in [1.54, 1.807) is 0 Å². The van der Waals surface area contributed by atoms with Crippen LogP contribution in [0.3, 0.4) is 0 Å². The number of carbonyl (C=O) groups is 2. The van der Waals surface area contributed by atoms with Crippen molar-refractivity contribution in [3.05, 3.63) is 0 Å². The molecule has 0 aromatic heterocycles. The first kappa shape index (κ1) is 24.8. The van der Waals surface area contributed by atoms with E-state index in [2.05, 4.69) is 10.6 Å². The lowest BCUT2D eigenvalue weighted by atomic mass is 9.98. The Morgan fingerprint density at radius 2 is 0.867 bits per heavy atom. The van der Waals surface area contributed by atoms with Crippen molar-refractivity contribution >= 4 is 12.2 Å². The van der Waals surface area contributed by atoms with Gasteiger partial charge in [-0.25, -0.2) is 9.59 Å². The Bertz CT molecular complexity index is 418. The van der Waals surface area contributed by atoms with Crippen molar-refractivity contribution in [1.82, 2.24) is 10.6 Å². The predicted molar refractivity (Wildman–Crippen MR) is 120 cm³/mol. The minimum atomic E-state index is -0.238. The van der Waals surface area contributed by atoms with Gasteiger partial charge in [-0.15, -0.1) is 0 Å². The summed E-state index contributed by atoms with van der Waals surface area (Å²) >= 11 is 0. The summed E-state index contributed by atoms with van der Waals surface area (Å²) in [6, 6.07) is 0. The molecule has 0 unspecified atom stereocenters. The van der Waals surface area contributed by atoms with Gasteiger partial charge in [0.25, 0.3) is 0 Å². The number of carbonyl (C=O) groups excluding carboxylic acids is 2. The second kappa shape index (κ2) is 16.3. The third kappa shape index (κ3) is 12.3. The number of rotatable bonds is 13. The molecular weight excluding hydrogens is 380 g/mol. The first-order valence-electron chi connectivity index (χ1n) is 12.6. The zero-order valence-corrected chi connectivity index (χ0v) is 18.9. The highest BCUT2D eigenvalue weighted by atomic mass is 16.6. The van der Waals surface area contributed by atoms with E-state index >= 15 is 0 Å². The number of unbranched alkanes of at least 4 members (excludes halogenated alkanes) is 7. The van der Waals surface area contributed by atoms with Crippen molar-refractivity contribution in [3.8, 4) is 0 Å². The average molecular weight is 425 g/mol. The normalized spacial score (nSPS) is 18.0. The SMILES string of the molecule is O=C(NCCCCCCCCCCNC(=O)OC1CCCCC1)OC1CCCCC1. The van der Waals surface area contributed by atoms with E-state index in [0.29, 0.717) is 13.1 Å². The quantitative estimate of drug-likeness (QED) is 0.344. The first-order valence-corrected chi connectivity index (χ1v) is 12.6. The number of ether oxygens (including phenoxy) is 2. The van der Waals surface area contributed by atoms with Crippen LogP contribution in [0.15, 0.2) is 0 Å². The molecule has 0 spiro atoms. The molecule has 2 fully saturated rings. The molecule has 2 rings (SSSR count). The third-order valence-electron chi connectivity index (χ3n) is 6.29. The van der Waals surface area contributed by atoms with Crippen LogP contribution in [0.5, 0.6) is 0 Å². The lowest BCUT2D eigenvalue weighted by molar-refractivity contribution is 0.0745. The smallest absolute Gasteiger partial charge is 0.407 e. The van der Waals surface area contributed by atoms with E-state index < -0.39 is 0 Å². The Morgan fingerprint density at radius 3 is 1.23 bits per heavy atom. The maximum absolute atomic E-state index is 11.7. The van der Waals surface area contributed by atoms with Crippen LogP contribution in [0.4, 0.5) is 9.59 Å². The molecule has 0 bridgehead atoms. The van der Waals surface area contributed by atoms with Crippen molar-refractivity contribution in [3.63, 3.8) is 0 Å². The van der Waals surface area contributed by atoms with Crippen LogP contribution < -0.4 is 10.6 Å². The molecule has 6 heteroatoms. The van der Waals surface area contributed by atoms with Gasteiger partial charge < -0.3 is 20.1 Å². The fraction of sp³-hybridized carbons (Fsp3) is 0.917. The Hall–Kier alpha value is -1.46. The van der Waals surface area contributed by atoms with Gasteiger partial charge in [0.05, 0.1) is 0 Å². The Labute approximate surface area is 183 Å². The minimum absolute atomic E-state index is 0.136. The van der Waals surface area contributed by atoms with Crippen molar-refractivity contribution in [2.45, 2.75) is 128 Å². The zero-order valence-electron chi connectivity index (χ0n) is 18.9. The van der Waals surface area contributed by atoms with E-state index in [9.17, 15) is 9.59 Å². The standard InChI is InChI=1S/C24H44N2O4/c27-23(29-21-15-9-7-10-16-21)25-19-13-5-3-1-2-4-6-14-20-26-24(28)30-22-17-11-8-12-18-22/h21-22H,1-20H2,(H,25,27)(H,26,28). The molecule has 2 N–H and O–H groups in total. The molecule has 0 aromatic carbocycles. The highest BCUT2D eigenvalue weighted by molar-refractivity contribution is 5.67. The van der Waals surface area contributed by atoms with Crippen molar-refractivity contribution < 1.29 is 19.1 Å². The Balaban J connectivity index is 1.28. The third-order valence-corrected chi connectivity index (χ3v) is 6.29. The summed E-state index contributed by atoms with van der Waals surface area (Å²) in [5, 5.41) is 5.77. The van der Waals surface area contributed by atoms with E-state index in [4.69, 9.17) is 9.47 Å². The molecule has 174 valence electrons. The summed E-state index contributed by atoms with van der Waals surface area (Å²) in [5.74, 6) is 0. The molecule has 0 radical (unpaired) electrons. The first-order chi connectivity index (χ1) is 14.7. The van der Waals surface area contributed by atoms with E-state index in [0.717, 1.165) is 51.4 Å². The number of hydrogen-bond donors (Lipinski definition) is 2. The second-order valence-electron chi connectivity index (χ2n) is 9.01. The molecule has 30 heavy (non-hydrogen) atoms. The number of hydrogen-bond acceptors (Lipinski definition) is 4.